The Morgan fingerprint density at radius 3 is 1.89 bits per heavy atom. The van der Waals surface area contributed by atoms with Crippen molar-refractivity contribution in [1.29, 1.82) is 0 Å². The van der Waals surface area contributed by atoms with Crippen LogP contribution in [0.15, 0.2) is 49.1 Å². The van der Waals surface area contributed by atoms with E-state index in [0.29, 0.717) is 0 Å². The third kappa shape index (κ3) is 9.19. The quantitative estimate of drug-likeness (QED) is 0.225. The van der Waals surface area contributed by atoms with Gasteiger partial charge in [-0.3, -0.25) is 9.80 Å². The minimum atomic E-state index is 0.158. The zero-order valence-electron chi connectivity index (χ0n) is 22.9. The maximum absolute atomic E-state index is 4.49. The van der Waals surface area contributed by atoms with Gasteiger partial charge in [0.15, 0.2) is 0 Å². The molecule has 1 aromatic carbocycles. The number of aromatic amines is 2. The topological polar surface area (TPSA) is 67.1 Å². The summed E-state index contributed by atoms with van der Waals surface area (Å²) in [5, 5.41) is 0. The zero-order chi connectivity index (χ0) is 25.6. The van der Waals surface area contributed by atoms with Crippen LogP contribution in [0.3, 0.4) is 0 Å². The fourth-order valence-electron chi connectivity index (χ4n) is 4.82. The molecule has 0 saturated heterocycles. The number of imidazole rings is 2. The fourth-order valence-corrected chi connectivity index (χ4v) is 4.82. The first-order valence-electron chi connectivity index (χ1n) is 13.9. The number of nitrogens with zero attached hydrogens (tertiary/aromatic N) is 5. The van der Waals surface area contributed by atoms with Crippen LogP contribution in [-0.4, -0.2) is 67.4 Å². The Labute approximate surface area is 218 Å². The molecule has 3 aromatic rings. The predicted octanol–water partition coefficient (Wildman–Crippen LogP) is 5.62. The Morgan fingerprint density at radius 2 is 1.33 bits per heavy atom. The molecule has 198 valence electrons. The molecule has 1 atom stereocenters. The lowest BCUT2D eigenvalue weighted by Gasteiger charge is -2.27. The minimum Gasteiger partial charge on any atom is -0.348 e. The van der Waals surface area contributed by atoms with Gasteiger partial charge in [0.25, 0.3) is 0 Å². The van der Waals surface area contributed by atoms with E-state index in [9.17, 15) is 0 Å². The van der Waals surface area contributed by atoms with Gasteiger partial charge < -0.3 is 14.9 Å². The van der Waals surface area contributed by atoms with Gasteiger partial charge in [-0.05, 0) is 76.5 Å². The van der Waals surface area contributed by atoms with E-state index in [2.05, 4.69) is 86.6 Å². The lowest BCUT2D eigenvalue weighted by molar-refractivity contribution is 0.181. The number of benzene rings is 1. The molecule has 0 bridgehead atoms. The largest absolute Gasteiger partial charge is 0.348 e. The Morgan fingerprint density at radius 1 is 0.722 bits per heavy atom. The molecule has 0 radical (unpaired) electrons. The van der Waals surface area contributed by atoms with Crippen LogP contribution in [0.25, 0.3) is 0 Å². The van der Waals surface area contributed by atoms with Crippen molar-refractivity contribution < 1.29 is 0 Å². The maximum atomic E-state index is 4.49. The fraction of sp³-hybridized carbons (Fsp3) is 0.586. The van der Waals surface area contributed by atoms with E-state index in [1.807, 2.05) is 24.8 Å². The summed E-state index contributed by atoms with van der Waals surface area (Å²) in [5.74, 6) is 1.94. The first-order valence-corrected chi connectivity index (χ1v) is 13.9. The van der Waals surface area contributed by atoms with Crippen LogP contribution in [0, 0.1) is 0 Å². The molecule has 0 aliphatic carbocycles. The first-order chi connectivity index (χ1) is 17.6. The molecule has 0 saturated carbocycles. The number of rotatable bonds is 18. The van der Waals surface area contributed by atoms with Gasteiger partial charge in [0.2, 0.25) is 0 Å². The van der Waals surface area contributed by atoms with Crippen molar-refractivity contribution >= 4 is 0 Å². The molecular formula is C29H47N7. The van der Waals surface area contributed by atoms with Gasteiger partial charge in [-0.1, -0.05) is 45.0 Å². The van der Waals surface area contributed by atoms with E-state index >= 15 is 0 Å². The number of hydrogen-bond acceptors (Lipinski definition) is 5. The van der Waals surface area contributed by atoms with Crippen LogP contribution in [0.4, 0.5) is 0 Å². The van der Waals surface area contributed by atoms with Gasteiger partial charge in [-0.2, -0.15) is 0 Å². The molecule has 0 aliphatic rings. The number of H-pyrrole nitrogens is 2. The highest BCUT2D eigenvalue weighted by molar-refractivity contribution is 5.23. The summed E-state index contributed by atoms with van der Waals surface area (Å²) in [6, 6.07) is 9.31. The van der Waals surface area contributed by atoms with E-state index in [1.54, 1.807) is 0 Å². The molecule has 1 unspecified atom stereocenters. The summed E-state index contributed by atoms with van der Waals surface area (Å²) < 4.78 is 0. The SMILES string of the molecule is CCCN(CCC)CCCCN(CC)Cc1ccc(CN(Cc2ncc[nH]2)C(C)c2ncc[nH]2)cc1. The molecule has 3 rings (SSSR count). The molecule has 7 nitrogen and oxygen atoms in total. The van der Waals surface area contributed by atoms with Crippen LogP contribution < -0.4 is 0 Å². The van der Waals surface area contributed by atoms with E-state index in [0.717, 1.165) is 37.8 Å². The van der Waals surface area contributed by atoms with Crippen molar-refractivity contribution in [2.75, 3.05) is 32.7 Å². The summed E-state index contributed by atoms with van der Waals surface area (Å²) in [4.78, 5) is 23.0. The van der Waals surface area contributed by atoms with Gasteiger partial charge in [-0.25, -0.2) is 9.97 Å². The molecule has 0 spiro atoms. The molecule has 0 amide bonds. The normalized spacial score (nSPS) is 12.8. The van der Waals surface area contributed by atoms with Crippen molar-refractivity contribution in [3.8, 4) is 0 Å². The van der Waals surface area contributed by atoms with Crippen LogP contribution >= 0.6 is 0 Å². The smallest absolute Gasteiger partial charge is 0.123 e. The number of hydrogen-bond donors (Lipinski definition) is 2. The third-order valence-corrected chi connectivity index (χ3v) is 6.91. The molecular weight excluding hydrogens is 446 g/mol. The average Bonchev–Trinajstić information content (AvgIpc) is 3.61. The summed E-state index contributed by atoms with van der Waals surface area (Å²) in [6.07, 6.45) is 12.4. The molecule has 2 heterocycles. The zero-order valence-corrected chi connectivity index (χ0v) is 22.9. The highest BCUT2D eigenvalue weighted by Crippen LogP contribution is 2.22. The minimum absolute atomic E-state index is 0.158. The Bertz CT molecular complexity index is 915. The Balaban J connectivity index is 1.51. The maximum Gasteiger partial charge on any atom is 0.123 e. The van der Waals surface area contributed by atoms with Gasteiger partial charge in [0.1, 0.15) is 11.6 Å². The second-order valence-electron chi connectivity index (χ2n) is 9.83. The summed E-state index contributed by atoms with van der Waals surface area (Å²) in [7, 11) is 0. The molecule has 36 heavy (non-hydrogen) atoms. The van der Waals surface area contributed by atoms with Gasteiger partial charge in [-0.15, -0.1) is 0 Å². The monoisotopic (exact) mass is 493 g/mol. The highest BCUT2D eigenvalue weighted by atomic mass is 15.2. The van der Waals surface area contributed by atoms with Crippen LogP contribution in [0.5, 0.6) is 0 Å². The van der Waals surface area contributed by atoms with Crippen LogP contribution in [0.1, 0.15) is 82.2 Å². The molecule has 0 fully saturated rings. The van der Waals surface area contributed by atoms with Crippen molar-refractivity contribution in [1.82, 2.24) is 34.6 Å². The van der Waals surface area contributed by atoms with Crippen molar-refractivity contribution in [3.05, 3.63) is 71.8 Å². The van der Waals surface area contributed by atoms with Crippen LogP contribution in [-0.2, 0) is 19.6 Å². The summed E-state index contributed by atoms with van der Waals surface area (Å²) >= 11 is 0. The molecule has 0 aliphatic heterocycles. The lowest BCUT2D eigenvalue weighted by atomic mass is 10.1. The standard InChI is InChI=1S/C29H47N7/c1-5-18-35(19-6-2)21-9-8-20-34(7-3)22-26-10-12-27(13-11-26)23-36(24-28-30-14-15-31-28)25(4)29-32-16-17-33-29/h10-17,25H,5-9,18-24H2,1-4H3,(H,30,31)(H,32,33). The molecule has 2 N–H and O–H groups in total. The second kappa shape index (κ2) is 15.6. The second-order valence-corrected chi connectivity index (χ2v) is 9.83. The average molecular weight is 494 g/mol. The number of nitrogens with one attached hydrogen (secondary N) is 2. The number of aromatic nitrogens is 4. The van der Waals surface area contributed by atoms with Crippen molar-refractivity contribution in [2.45, 2.75) is 79.1 Å². The first kappa shape index (κ1) is 28.1. The lowest BCUT2D eigenvalue weighted by Crippen LogP contribution is -2.28. The molecule has 2 aromatic heterocycles. The summed E-state index contributed by atoms with van der Waals surface area (Å²) in [6.45, 7) is 17.6. The third-order valence-electron chi connectivity index (χ3n) is 6.91. The Hall–Kier alpha value is -2.48. The van der Waals surface area contributed by atoms with E-state index in [1.165, 1.54) is 63.0 Å². The molecule has 7 heteroatoms. The number of unbranched alkanes of at least 4 members (excludes halogenated alkanes) is 1. The summed E-state index contributed by atoms with van der Waals surface area (Å²) in [5.41, 5.74) is 2.69. The van der Waals surface area contributed by atoms with E-state index < -0.39 is 0 Å². The van der Waals surface area contributed by atoms with E-state index in [4.69, 9.17) is 0 Å². The van der Waals surface area contributed by atoms with Gasteiger partial charge in [0.05, 0.1) is 12.6 Å². The van der Waals surface area contributed by atoms with Crippen molar-refractivity contribution in [3.63, 3.8) is 0 Å². The Kier molecular flexibility index (Phi) is 12.2. The predicted molar refractivity (Wildman–Crippen MR) is 148 cm³/mol. The highest BCUT2D eigenvalue weighted by Gasteiger charge is 2.19. The van der Waals surface area contributed by atoms with Gasteiger partial charge >= 0.3 is 0 Å². The van der Waals surface area contributed by atoms with E-state index in [-0.39, 0.29) is 6.04 Å². The van der Waals surface area contributed by atoms with Crippen LogP contribution in [0.2, 0.25) is 0 Å². The van der Waals surface area contributed by atoms with Gasteiger partial charge in [0, 0.05) is 37.9 Å². The van der Waals surface area contributed by atoms with Crippen molar-refractivity contribution in [2.24, 2.45) is 0 Å².